The highest BCUT2D eigenvalue weighted by atomic mass is 35.5. The Morgan fingerprint density at radius 3 is 2.45 bits per heavy atom. The number of rotatable bonds is 5. The van der Waals surface area contributed by atoms with Gasteiger partial charge in [0.1, 0.15) is 0 Å². The van der Waals surface area contributed by atoms with Crippen molar-refractivity contribution in [2.75, 3.05) is 19.6 Å². The summed E-state index contributed by atoms with van der Waals surface area (Å²) in [6, 6.07) is 0.775. The molecule has 1 atom stereocenters. The molecule has 2 heterocycles. The second kappa shape index (κ2) is 9.36. The molecule has 2 saturated heterocycles. The molecule has 0 spiro atoms. The molecule has 2 aliphatic rings. The van der Waals surface area contributed by atoms with E-state index in [1.165, 1.54) is 12.8 Å². The number of hydrogen-bond acceptors (Lipinski definition) is 3. The molecule has 22 heavy (non-hydrogen) atoms. The van der Waals surface area contributed by atoms with Crippen LogP contribution in [0.1, 0.15) is 52.4 Å². The quantitative estimate of drug-likeness (QED) is 0.806. The smallest absolute Gasteiger partial charge is 0.222 e. The van der Waals surface area contributed by atoms with Gasteiger partial charge in [0.25, 0.3) is 0 Å². The van der Waals surface area contributed by atoms with Crippen molar-refractivity contribution < 1.29 is 9.59 Å². The van der Waals surface area contributed by atoms with E-state index >= 15 is 0 Å². The molecule has 2 fully saturated rings. The van der Waals surface area contributed by atoms with Crippen molar-refractivity contribution in [3.63, 3.8) is 0 Å². The normalized spacial score (nSPS) is 22.5. The molecule has 128 valence electrons. The lowest BCUT2D eigenvalue weighted by Gasteiger charge is -2.33. The van der Waals surface area contributed by atoms with Crippen molar-refractivity contribution in [1.82, 2.24) is 15.5 Å². The van der Waals surface area contributed by atoms with Crippen LogP contribution < -0.4 is 10.6 Å². The van der Waals surface area contributed by atoms with Crippen LogP contribution in [0.15, 0.2) is 0 Å². The Kier molecular flexibility index (Phi) is 8.18. The van der Waals surface area contributed by atoms with Crippen molar-refractivity contribution >= 4 is 24.2 Å². The Labute approximate surface area is 140 Å². The first kappa shape index (κ1) is 19.2. The maximum Gasteiger partial charge on any atom is 0.222 e. The number of amides is 2. The Bertz CT molecular complexity index is 362. The van der Waals surface area contributed by atoms with Crippen molar-refractivity contribution in [3.05, 3.63) is 0 Å². The summed E-state index contributed by atoms with van der Waals surface area (Å²) in [6.07, 6.45) is 5.82. The summed E-state index contributed by atoms with van der Waals surface area (Å²) in [5.74, 6) is 0.424. The molecular formula is C16H30ClN3O2. The van der Waals surface area contributed by atoms with Crippen LogP contribution >= 0.6 is 12.4 Å². The fourth-order valence-electron chi connectivity index (χ4n) is 3.10. The van der Waals surface area contributed by atoms with E-state index in [2.05, 4.69) is 10.6 Å². The number of piperidine rings is 1. The SMILES string of the molecule is CC(C)C(=O)NC1CCN(C(=O)CCC2CCCN2)CC1.Cl. The van der Waals surface area contributed by atoms with Gasteiger partial charge in [-0.3, -0.25) is 9.59 Å². The second-order valence-corrected chi connectivity index (χ2v) is 6.65. The highest BCUT2D eigenvalue weighted by Crippen LogP contribution is 2.15. The van der Waals surface area contributed by atoms with Gasteiger partial charge in [0.05, 0.1) is 0 Å². The number of carbonyl (C=O) groups excluding carboxylic acids is 2. The minimum atomic E-state index is 0. The molecule has 0 saturated carbocycles. The van der Waals surface area contributed by atoms with Crippen LogP contribution in [0.25, 0.3) is 0 Å². The van der Waals surface area contributed by atoms with Crippen molar-refractivity contribution in [2.45, 2.75) is 64.5 Å². The zero-order valence-electron chi connectivity index (χ0n) is 13.8. The minimum absolute atomic E-state index is 0. The molecular weight excluding hydrogens is 302 g/mol. The highest BCUT2D eigenvalue weighted by molar-refractivity contribution is 5.85. The van der Waals surface area contributed by atoms with Gasteiger partial charge in [0.15, 0.2) is 0 Å². The number of likely N-dealkylation sites (tertiary alicyclic amines) is 1. The Hall–Kier alpha value is -0.810. The molecule has 2 rings (SSSR count). The molecule has 6 heteroatoms. The zero-order valence-corrected chi connectivity index (χ0v) is 14.6. The average molecular weight is 332 g/mol. The number of carbonyl (C=O) groups is 2. The van der Waals surface area contributed by atoms with E-state index in [0.717, 1.165) is 38.9 Å². The molecule has 0 aromatic heterocycles. The van der Waals surface area contributed by atoms with E-state index in [4.69, 9.17) is 0 Å². The zero-order chi connectivity index (χ0) is 15.2. The van der Waals surface area contributed by atoms with Crippen molar-refractivity contribution in [2.24, 2.45) is 5.92 Å². The molecule has 2 amide bonds. The number of halogens is 1. The van der Waals surface area contributed by atoms with Gasteiger partial charge in [0, 0.05) is 37.5 Å². The Morgan fingerprint density at radius 2 is 1.91 bits per heavy atom. The van der Waals surface area contributed by atoms with Gasteiger partial charge < -0.3 is 15.5 Å². The van der Waals surface area contributed by atoms with E-state index in [-0.39, 0.29) is 36.2 Å². The molecule has 0 aromatic rings. The third-order valence-corrected chi connectivity index (χ3v) is 4.59. The molecule has 0 aromatic carbocycles. The summed E-state index contributed by atoms with van der Waals surface area (Å²) in [5, 5.41) is 6.50. The first-order valence-corrected chi connectivity index (χ1v) is 8.38. The van der Waals surface area contributed by atoms with Crippen LogP contribution in [0.5, 0.6) is 0 Å². The summed E-state index contributed by atoms with van der Waals surface area (Å²) in [7, 11) is 0. The number of nitrogens with zero attached hydrogens (tertiary/aromatic N) is 1. The van der Waals surface area contributed by atoms with Crippen molar-refractivity contribution in [1.29, 1.82) is 0 Å². The first-order chi connectivity index (χ1) is 10.1. The largest absolute Gasteiger partial charge is 0.353 e. The van der Waals surface area contributed by atoms with E-state index in [9.17, 15) is 9.59 Å². The lowest BCUT2D eigenvalue weighted by atomic mass is 10.0. The lowest BCUT2D eigenvalue weighted by Crippen LogP contribution is -2.47. The molecule has 5 nitrogen and oxygen atoms in total. The second-order valence-electron chi connectivity index (χ2n) is 6.65. The summed E-state index contributed by atoms with van der Waals surface area (Å²) in [5.41, 5.74) is 0. The Morgan fingerprint density at radius 1 is 1.23 bits per heavy atom. The highest BCUT2D eigenvalue weighted by Gasteiger charge is 2.25. The van der Waals surface area contributed by atoms with Gasteiger partial charge in [-0.1, -0.05) is 13.8 Å². The van der Waals surface area contributed by atoms with E-state index in [1.807, 2.05) is 18.7 Å². The van der Waals surface area contributed by atoms with E-state index in [1.54, 1.807) is 0 Å². The molecule has 2 N–H and O–H groups in total. The number of hydrogen-bond donors (Lipinski definition) is 2. The standard InChI is InChI=1S/C16H29N3O2.ClH/c1-12(2)16(21)18-14-7-10-19(11-8-14)15(20)6-5-13-4-3-9-17-13;/h12-14,17H,3-11H2,1-2H3,(H,18,21);1H. The van der Waals surface area contributed by atoms with Gasteiger partial charge in [-0.2, -0.15) is 0 Å². The van der Waals surface area contributed by atoms with Gasteiger partial charge in [0.2, 0.25) is 11.8 Å². The maximum absolute atomic E-state index is 12.2. The Balaban J connectivity index is 0.00000242. The maximum atomic E-state index is 12.2. The fraction of sp³-hybridized carbons (Fsp3) is 0.875. The van der Waals surface area contributed by atoms with Crippen LogP contribution in [0.2, 0.25) is 0 Å². The summed E-state index contributed by atoms with van der Waals surface area (Å²) in [4.78, 5) is 25.8. The van der Waals surface area contributed by atoms with E-state index in [0.29, 0.717) is 12.5 Å². The predicted molar refractivity (Wildman–Crippen MR) is 90.1 cm³/mol. The monoisotopic (exact) mass is 331 g/mol. The van der Waals surface area contributed by atoms with Gasteiger partial charge in [-0.25, -0.2) is 0 Å². The summed E-state index contributed by atoms with van der Waals surface area (Å²) in [6.45, 7) is 6.47. The third-order valence-electron chi connectivity index (χ3n) is 4.59. The average Bonchev–Trinajstić information content (AvgIpc) is 2.98. The fourth-order valence-corrected chi connectivity index (χ4v) is 3.10. The third kappa shape index (κ3) is 5.76. The van der Waals surface area contributed by atoms with Crippen LogP contribution in [0.3, 0.4) is 0 Å². The minimum Gasteiger partial charge on any atom is -0.353 e. The molecule has 0 radical (unpaired) electrons. The summed E-state index contributed by atoms with van der Waals surface area (Å²) >= 11 is 0. The van der Waals surface area contributed by atoms with E-state index < -0.39 is 0 Å². The van der Waals surface area contributed by atoms with Crippen LogP contribution in [0.4, 0.5) is 0 Å². The van der Waals surface area contributed by atoms with Crippen LogP contribution in [-0.2, 0) is 9.59 Å². The molecule has 0 bridgehead atoms. The summed E-state index contributed by atoms with van der Waals surface area (Å²) < 4.78 is 0. The topological polar surface area (TPSA) is 61.4 Å². The van der Waals surface area contributed by atoms with Crippen molar-refractivity contribution in [3.8, 4) is 0 Å². The molecule has 0 aliphatic carbocycles. The van der Waals surface area contributed by atoms with Crippen LogP contribution in [-0.4, -0.2) is 48.4 Å². The van der Waals surface area contributed by atoms with Gasteiger partial charge in [-0.05, 0) is 38.6 Å². The van der Waals surface area contributed by atoms with Gasteiger partial charge in [-0.15, -0.1) is 12.4 Å². The van der Waals surface area contributed by atoms with Crippen LogP contribution in [0, 0.1) is 5.92 Å². The van der Waals surface area contributed by atoms with Gasteiger partial charge >= 0.3 is 0 Å². The number of nitrogens with one attached hydrogen (secondary N) is 2. The predicted octanol–water partition coefficient (Wildman–Crippen LogP) is 1.70. The molecule has 1 unspecified atom stereocenters. The first-order valence-electron chi connectivity index (χ1n) is 8.38. The molecule has 2 aliphatic heterocycles. The lowest BCUT2D eigenvalue weighted by molar-refractivity contribution is -0.132.